The van der Waals surface area contributed by atoms with Crippen LogP contribution >= 0.6 is 11.8 Å². The molecule has 0 saturated heterocycles. The van der Waals surface area contributed by atoms with Gasteiger partial charge in [0.05, 0.1) is 12.0 Å². The zero-order chi connectivity index (χ0) is 11.7. The third kappa shape index (κ3) is 1.67. The van der Waals surface area contributed by atoms with E-state index in [1.165, 1.54) is 13.2 Å². The molecule has 4 nitrogen and oxygen atoms in total. The zero-order valence-corrected chi connectivity index (χ0v) is 9.36. The van der Waals surface area contributed by atoms with Crippen LogP contribution < -0.4 is 0 Å². The van der Waals surface area contributed by atoms with Crippen molar-refractivity contribution in [2.24, 2.45) is 11.8 Å². The molecule has 2 aliphatic rings. The highest BCUT2D eigenvalue weighted by atomic mass is 32.2. The number of esters is 1. The van der Waals surface area contributed by atoms with Crippen molar-refractivity contribution < 1.29 is 19.4 Å². The number of ether oxygens (including phenoxy) is 1. The fraction of sp³-hybridized carbons (Fsp3) is 0.273. The molecule has 0 fully saturated rings. The lowest BCUT2D eigenvalue weighted by Crippen LogP contribution is -2.15. The minimum atomic E-state index is -0.440. The lowest BCUT2D eigenvalue weighted by Gasteiger charge is -2.18. The Balaban J connectivity index is 2.33. The van der Waals surface area contributed by atoms with Gasteiger partial charge in [0.2, 0.25) is 0 Å². The summed E-state index contributed by atoms with van der Waals surface area (Å²) in [5.41, 5.74) is 0. The topological polar surface area (TPSA) is 63.6 Å². The van der Waals surface area contributed by atoms with Crippen LogP contribution in [0.3, 0.4) is 0 Å². The Hall–Kier alpha value is -1.49. The fourth-order valence-corrected chi connectivity index (χ4v) is 2.86. The Bertz CT molecular complexity index is 433. The Kier molecular flexibility index (Phi) is 2.87. The van der Waals surface area contributed by atoms with Crippen molar-refractivity contribution in [2.75, 3.05) is 7.11 Å². The number of carbonyl (C=O) groups excluding carboxylic acids is 2. The van der Waals surface area contributed by atoms with E-state index in [2.05, 4.69) is 4.74 Å². The van der Waals surface area contributed by atoms with E-state index in [0.29, 0.717) is 9.81 Å². The van der Waals surface area contributed by atoms with Gasteiger partial charge in [-0.3, -0.25) is 0 Å². The Labute approximate surface area is 96.7 Å². The van der Waals surface area contributed by atoms with Crippen LogP contribution in [0.15, 0.2) is 33.8 Å². The van der Waals surface area contributed by atoms with E-state index >= 15 is 0 Å². The van der Waals surface area contributed by atoms with E-state index in [-0.39, 0.29) is 17.6 Å². The van der Waals surface area contributed by atoms with Crippen molar-refractivity contribution in [3.05, 3.63) is 33.8 Å². The molecule has 2 unspecified atom stereocenters. The largest absolute Gasteiger partial charge is 0.507 e. The predicted molar refractivity (Wildman–Crippen MR) is 59.5 cm³/mol. The van der Waals surface area contributed by atoms with Crippen LogP contribution in [-0.2, 0) is 14.3 Å². The third-order valence-electron chi connectivity index (χ3n) is 2.54. The van der Waals surface area contributed by atoms with Gasteiger partial charge in [-0.2, -0.15) is 0 Å². The van der Waals surface area contributed by atoms with Crippen LogP contribution in [-0.4, -0.2) is 24.5 Å². The standard InChI is InChI=1S/C11H10O4S/c1-15-11(14)9-4-7-6(5-12)2-3-8(13)10(7)16-9/h2-7,13H,1H3. The number of carbonyl (C=O) groups is 2. The summed E-state index contributed by atoms with van der Waals surface area (Å²) < 4.78 is 4.60. The van der Waals surface area contributed by atoms with E-state index in [9.17, 15) is 14.7 Å². The summed E-state index contributed by atoms with van der Waals surface area (Å²) in [5, 5.41) is 9.64. The number of hydrogen-bond acceptors (Lipinski definition) is 5. The van der Waals surface area contributed by atoms with Crippen molar-refractivity contribution in [1.82, 2.24) is 0 Å². The van der Waals surface area contributed by atoms with Gasteiger partial charge in [-0.25, -0.2) is 4.79 Å². The van der Waals surface area contributed by atoms with Crippen molar-refractivity contribution in [2.45, 2.75) is 0 Å². The van der Waals surface area contributed by atoms with Gasteiger partial charge >= 0.3 is 5.97 Å². The molecule has 0 aromatic heterocycles. The van der Waals surface area contributed by atoms with Gasteiger partial charge < -0.3 is 14.6 Å². The number of hydrogen-bond donors (Lipinski definition) is 1. The summed E-state index contributed by atoms with van der Waals surface area (Å²) in [6, 6.07) is 0. The number of methoxy groups -OCH3 is 1. The van der Waals surface area contributed by atoms with Gasteiger partial charge in [-0.15, -0.1) is 0 Å². The van der Waals surface area contributed by atoms with Crippen molar-refractivity contribution in [3.63, 3.8) is 0 Å². The van der Waals surface area contributed by atoms with Gasteiger partial charge in [0.25, 0.3) is 0 Å². The quantitative estimate of drug-likeness (QED) is 0.584. The molecule has 0 radical (unpaired) electrons. The number of aliphatic hydroxyl groups is 1. The minimum Gasteiger partial charge on any atom is -0.507 e. The van der Waals surface area contributed by atoms with Crippen LogP contribution in [0, 0.1) is 11.8 Å². The van der Waals surface area contributed by atoms with Gasteiger partial charge in [-0.05, 0) is 6.08 Å². The second kappa shape index (κ2) is 4.17. The summed E-state index contributed by atoms with van der Waals surface area (Å²) in [4.78, 5) is 23.2. The minimum absolute atomic E-state index is 0.114. The SMILES string of the molecule is COC(=O)C1=CC2C(=C(O)C=CC2C=O)S1. The maximum atomic E-state index is 11.3. The van der Waals surface area contributed by atoms with Crippen LogP contribution in [0.25, 0.3) is 0 Å². The predicted octanol–water partition coefficient (Wildman–Crippen LogP) is 1.56. The average molecular weight is 238 g/mol. The molecule has 1 aliphatic carbocycles. The van der Waals surface area contributed by atoms with Crippen LogP contribution in [0.2, 0.25) is 0 Å². The molecule has 1 N–H and O–H groups in total. The molecule has 0 aromatic rings. The van der Waals surface area contributed by atoms with Gasteiger partial charge in [-0.1, -0.05) is 23.9 Å². The van der Waals surface area contributed by atoms with E-state index in [1.807, 2.05) is 0 Å². The van der Waals surface area contributed by atoms with Gasteiger partial charge in [0, 0.05) is 16.7 Å². The summed E-state index contributed by atoms with van der Waals surface area (Å²) in [5.74, 6) is -0.880. The molecular formula is C11H10O4S. The third-order valence-corrected chi connectivity index (χ3v) is 3.76. The van der Waals surface area contributed by atoms with E-state index in [0.717, 1.165) is 18.0 Å². The number of rotatable bonds is 2. The second-order valence-corrected chi connectivity index (χ2v) is 4.56. The number of thioether (sulfide) groups is 1. The lowest BCUT2D eigenvalue weighted by atomic mass is 9.88. The molecule has 2 atom stereocenters. The number of aliphatic hydroxyl groups excluding tert-OH is 1. The number of fused-ring (bicyclic) bond motifs is 1. The molecule has 16 heavy (non-hydrogen) atoms. The zero-order valence-electron chi connectivity index (χ0n) is 8.54. The Morgan fingerprint density at radius 1 is 1.62 bits per heavy atom. The van der Waals surface area contributed by atoms with E-state index < -0.39 is 5.97 Å². The first-order valence-corrected chi connectivity index (χ1v) is 5.53. The molecule has 0 bridgehead atoms. The Morgan fingerprint density at radius 2 is 2.38 bits per heavy atom. The molecule has 1 aliphatic heterocycles. The highest BCUT2D eigenvalue weighted by molar-refractivity contribution is 8.07. The van der Waals surface area contributed by atoms with Crippen molar-refractivity contribution >= 4 is 24.0 Å². The highest BCUT2D eigenvalue weighted by Gasteiger charge is 2.35. The highest BCUT2D eigenvalue weighted by Crippen LogP contribution is 2.47. The summed E-state index contributed by atoms with van der Waals surface area (Å²) in [6.07, 6.45) is 5.61. The Morgan fingerprint density at radius 3 is 3.00 bits per heavy atom. The molecule has 0 amide bonds. The van der Waals surface area contributed by atoms with Crippen LogP contribution in [0.1, 0.15) is 0 Å². The smallest absolute Gasteiger partial charge is 0.344 e. The lowest BCUT2D eigenvalue weighted by molar-refractivity contribution is -0.135. The first-order valence-electron chi connectivity index (χ1n) is 4.72. The average Bonchev–Trinajstić information content (AvgIpc) is 2.74. The first kappa shape index (κ1) is 11.0. The number of aldehydes is 1. The summed E-state index contributed by atoms with van der Waals surface area (Å²) in [6.45, 7) is 0. The van der Waals surface area contributed by atoms with Crippen molar-refractivity contribution in [1.29, 1.82) is 0 Å². The molecule has 84 valence electrons. The monoisotopic (exact) mass is 238 g/mol. The molecule has 0 aromatic carbocycles. The van der Waals surface area contributed by atoms with Crippen LogP contribution in [0.5, 0.6) is 0 Å². The van der Waals surface area contributed by atoms with E-state index in [4.69, 9.17) is 0 Å². The fourth-order valence-electron chi connectivity index (χ4n) is 1.71. The summed E-state index contributed by atoms with van der Waals surface area (Å²) in [7, 11) is 1.30. The van der Waals surface area contributed by atoms with Crippen molar-refractivity contribution in [3.8, 4) is 0 Å². The van der Waals surface area contributed by atoms with E-state index in [1.54, 1.807) is 12.2 Å². The second-order valence-electron chi connectivity index (χ2n) is 3.47. The van der Waals surface area contributed by atoms with Gasteiger partial charge in [0.1, 0.15) is 12.0 Å². The molecule has 2 rings (SSSR count). The molecule has 5 heteroatoms. The molecule has 0 spiro atoms. The number of allylic oxidation sites excluding steroid dienone is 4. The van der Waals surface area contributed by atoms with Crippen LogP contribution in [0.4, 0.5) is 0 Å². The maximum Gasteiger partial charge on any atom is 0.344 e. The van der Waals surface area contributed by atoms with Gasteiger partial charge in [0.15, 0.2) is 0 Å². The molecule has 0 saturated carbocycles. The first-order chi connectivity index (χ1) is 7.67. The normalized spacial score (nSPS) is 27.4. The molecule has 1 heterocycles. The summed E-state index contributed by atoms with van der Waals surface area (Å²) >= 11 is 1.16. The maximum absolute atomic E-state index is 11.3. The molecular weight excluding hydrogens is 228 g/mol.